The monoisotopic (exact) mass is 348 g/mol. The molecule has 0 unspecified atom stereocenters. The van der Waals surface area contributed by atoms with Crippen molar-refractivity contribution < 1.29 is 27.8 Å². The van der Waals surface area contributed by atoms with Crippen LogP contribution in [0.4, 0.5) is 13.6 Å². The number of alkyl halides is 2. The lowest BCUT2D eigenvalue weighted by molar-refractivity contribution is -0.0498. The Morgan fingerprint density at radius 3 is 2.48 bits per heavy atom. The molecule has 130 valence electrons. The van der Waals surface area contributed by atoms with Crippen molar-refractivity contribution in [1.82, 2.24) is 10.4 Å². The van der Waals surface area contributed by atoms with E-state index in [1.165, 1.54) is 24.3 Å². The van der Waals surface area contributed by atoms with Crippen molar-refractivity contribution in [3.63, 3.8) is 0 Å². The molecule has 1 N–H and O–H groups in total. The molecule has 2 aromatic rings. The molecular formula is C17H14F2N2O4. The van der Waals surface area contributed by atoms with Gasteiger partial charge >= 0.3 is 12.7 Å². The molecule has 0 saturated carbocycles. The SMILES string of the molecule is O=C(NN1C[C@H](c2ccc(OC(F)F)cc2)OC1=O)c1ccccc1. The quantitative estimate of drug-likeness (QED) is 0.901. The fourth-order valence-electron chi connectivity index (χ4n) is 2.37. The summed E-state index contributed by atoms with van der Waals surface area (Å²) in [5, 5.41) is 1.07. The Morgan fingerprint density at radius 1 is 1.16 bits per heavy atom. The first-order valence-corrected chi connectivity index (χ1v) is 7.42. The van der Waals surface area contributed by atoms with Gasteiger partial charge in [-0.1, -0.05) is 30.3 Å². The van der Waals surface area contributed by atoms with Gasteiger partial charge in [0.15, 0.2) is 0 Å². The zero-order chi connectivity index (χ0) is 17.8. The molecule has 0 aromatic heterocycles. The second-order valence-electron chi connectivity index (χ2n) is 5.24. The molecule has 25 heavy (non-hydrogen) atoms. The van der Waals surface area contributed by atoms with Crippen LogP contribution in [0.25, 0.3) is 0 Å². The van der Waals surface area contributed by atoms with E-state index in [9.17, 15) is 18.4 Å². The molecule has 0 bridgehead atoms. The van der Waals surface area contributed by atoms with Gasteiger partial charge < -0.3 is 9.47 Å². The summed E-state index contributed by atoms with van der Waals surface area (Å²) in [6, 6.07) is 14.2. The zero-order valence-electron chi connectivity index (χ0n) is 12.9. The van der Waals surface area contributed by atoms with Crippen molar-refractivity contribution >= 4 is 12.0 Å². The third kappa shape index (κ3) is 4.03. The van der Waals surface area contributed by atoms with Gasteiger partial charge in [-0.05, 0) is 29.8 Å². The number of halogens is 2. The second-order valence-corrected chi connectivity index (χ2v) is 5.24. The number of carbonyl (C=O) groups excluding carboxylic acids is 2. The topological polar surface area (TPSA) is 67.9 Å². The summed E-state index contributed by atoms with van der Waals surface area (Å²) in [4.78, 5) is 24.0. The van der Waals surface area contributed by atoms with Gasteiger partial charge in [-0.25, -0.2) is 9.80 Å². The minimum Gasteiger partial charge on any atom is -0.438 e. The van der Waals surface area contributed by atoms with Crippen molar-refractivity contribution in [3.05, 3.63) is 65.7 Å². The highest BCUT2D eigenvalue weighted by molar-refractivity contribution is 5.95. The molecule has 0 aliphatic carbocycles. The van der Waals surface area contributed by atoms with Crippen LogP contribution >= 0.6 is 0 Å². The number of carbonyl (C=O) groups is 2. The molecule has 2 aromatic carbocycles. The number of ether oxygens (including phenoxy) is 2. The van der Waals surface area contributed by atoms with Crippen molar-refractivity contribution in [2.75, 3.05) is 6.54 Å². The van der Waals surface area contributed by atoms with E-state index >= 15 is 0 Å². The summed E-state index contributed by atoms with van der Waals surface area (Å²) < 4.78 is 33.8. The van der Waals surface area contributed by atoms with Crippen molar-refractivity contribution in [2.45, 2.75) is 12.7 Å². The average molecular weight is 348 g/mol. The first-order chi connectivity index (χ1) is 12.0. The number of nitrogens with one attached hydrogen (secondary N) is 1. The molecule has 1 atom stereocenters. The zero-order valence-corrected chi connectivity index (χ0v) is 12.9. The Morgan fingerprint density at radius 2 is 1.84 bits per heavy atom. The van der Waals surface area contributed by atoms with Crippen LogP contribution in [0.2, 0.25) is 0 Å². The molecule has 2 amide bonds. The molecular weight excluding hydrogens is 334 g/mol. The first kappa shape index (κ1) is 16.7. The van der Waals surface area contributed by atoms with Gasteiger partial charge in [0.05, 0.1) is 6.54 Å². The van der Waals surface area contributed by atoms with E-state index in [0.717, 1.165) is 5.01 Å². The van der Waals surface area contributed by atoms with Gasteiger partial charge in [0.1, 0.15) is 11.9 Å². The van der Waals surface area contributed by atoms with Crippen LogP contribution in [0.3, 0.4) is 0 Å². The number of hydrogen-bond donors (Lipinski definition) is 1. The Hall–Kier alpha value is -3.16. The Bertz CT molecular complexity index is 753. The van der Waals surface area contributed by atoms with Gasteiger partial charge in [0.25, 0.3) is 5.91 Å². The normalized spacial score (nSPS) is 16.7. The fourth-order valence-corrected chi connectivity index (χ4v) is 2.37. The van der Waals surface area contributed by atoms with Crippen molar-refractivity contribution in [3.8, 4) is 5.75 Å². The highest BCUT2D eigenvalue weighted by Gasteiger charge is 2.33. The standard InChI is InChI=1S/C17H14F2N2O4/c18-16(19)24-13-8-6-11(7-9-13)14-10-21(17(23)25-14)20-15(22)12-4-2-1-3-5-12/h1-9,14,16H,10H2,(H,20,22)/t14-/m1/s1. The van der Waals surface area contributed by atoms with Crippen LogP contribution in [-0.2, 0) is 4.74 Å². The highest BCUT2D eigenvalue weighted by atomic mass is 19.3. The third-order valence-electron chi connectivity index (χ3n) is 3.56. The predicted molar refractivity (Wildman–Crippen MR) is 82.9 cm³/mol. The largest absolute Gasteiger partial charge is 0.438 e. The van der Waals surface area contributed by atoms with Gasteiger partial charge in [0.2, 0.25) is 0 Å². The van der Waals surface area contributed by atoms with Gasteiger partial charge in [-0.2, -0.15) is 8.78 Å². The smallest absolute Gasteiger partial charge is 0.429 e. The summed E-state index contributed by atoms with van der Waals surface area (Å²) in [5.74, 6) is -0.420. The molecule has 1 aliphatic heterocycles. The molecule has 1 aliphatic rings. The van der Waals surface area contributed by atoms with Crippen LogP contribution in [-0.4, -0.2) is 30.2 Å². The summed E-state index contributed by atoms with van der Waals surface area (Å²) in [6.45, 7) is -2.80. The number of benzene rings is 2. The van der Waals surface area contributed by atoms with Crippen LogP contribution < -0.4 is 10.2 Å². The van der Waals surface area contributed by atoms with E-state index in [2.05, 4.69) is 10.2 Å². The molecule has 1 saturated heterocycles. The van der Waals surface area contributed by atoms with E-state index in [1.54, 1.807) is 30.3 Å². The maximum Gasteiger partial charge on any atom is 0.429 e. The number of cyclic esters (lactones) is 1. The maximum atomic E-state index is 12.1. The lowest BCUT2D eigenvalue weighted by Gasteiger charge is -2.14. The minimum absolute atomic E-state index is 0.0114. The van der Waals surface area contributed by atoms with Crippen LogP contribution in [0, 0.1) is 0 Å². The lowest BCUT2D eigenvalue weighted by Crippen LogP contribution is -2.42. The van der Waals surface area contributed by atoms with E-state index in [0.29, 0.717) is 11.1 Å². The van der Waals surface area contributed by atoms with E-state index in [-0.39, 0.29) is 12.3 Å². The predicted octanol–water partition coefficient (Wildman–Crippen LogP) is 3.13. The molecule has 3 rings (SSSR count). The van der Waals surface area contributed by atoms with Crippen LogP contribution in [0.15, 0.2) is 54.6 Å². The number of amides is 2. The number of hydrogen-bond acceptors (Lipinski definition) is 4. The number of rotatable bonds is 5. The van der Waals surface area contributed by atoms with Crippen molar-refractivity contribution in [2.24, 2.45) is 0 Å². The molecule has 6 nitrogen and oxygen atoms in total. The molecule has 1 fully saturated rings. The molecule has 1 heterocycles. The molecule has 0 radical (unpaired) electrons. The summed E-state index contributed by atoms with van der Waals surface area (Å²) in [6.07, 6.45) is -1.31. The second kappa shape index (κ2) is 7.16. The Kier molecular flexibility index (Phi) is 4.78. The van der Waals surface area contributed by atoms with Crippen molar-refractivity contribution in [1.29, 1.82) is 0 Å². The first-order valence-electron chi connectivity index (χ1n) is 7.42. The Balaban J connectivity index is 1.63. The Labute approximate surface area is 141 Å². The number of hydrazine groups is 1. The van der Waals surface area contributed by atoms with Gasteiger partial charge in [-0.15, -0.1) is 0 Å². The summed E-state index contributed by atoms with van der Waals surface area (Å²) in [5.41, 5.74) is 3.49. The molecule has 0 spiro atoms. The maximum absolute atomic E-state index is 12.1. The van der Waals surface area contributed by atoms with E-state index < -0.39 is 24.7 Å². The van der Waals surface area contributed by atoms with E-state index in [4.69, 9.17) is 4.74 Å². The summed E-state index contributed by atoms with van der Waals surface area (Å²) >= 11 is 0. The minimum atomic E-state index is -2.90. The third-order valence-corrected chi connectivity index (χ3v) is 3.56. The average Bonchev–Trinajstić information content (AvgIpc) is 2.96. The van der Waals surface area contributed by atoms with Gasteiger partial charge in [0, 0.05) is 5.56 Å². The van der Waals surface area contributed by atoms with E-state index in [1.807, 2.05) is 0 Å². The van der Waals surface area contributed by atoms with Gasteiger partial charge in [-0.3, -0.25) is 10.2 Å². The summed E-state index contributed by atoms with van der Waals surface area (Å²) in [7, 11) is 0. The highest BCUT2D eigenvalue weighted by Crippen LogP contribution is 2.27. The lowest BCUT2D eigenvalue weighted by atomic mass is 10.1. The van der Waals surface area contributed by atoms with Crippen LogP contribution in [0.1, 0.15) is 22.0 Å². The fraction of sp³-hybridized carbons (Fsp3) is 0.176. The molecule has 8 heteroatoms. The number of nitrogens with zero attached hydrogens (tertiary/aromatic N) is 1. The van der Waals surface area contributed by atoms with Crippen LogP contribution in [0.5, 0.6) is 5.75 Å².